The summed E-state index contributed by atoms with van der Waals surface area (Å²) in [5.74, 6) is -0.421. The second-order valence-corrected chi connectivity index (χ2v) is 11.1. The molecule has 0 radical (unpaired) electrons. The second kappa shape index (κ2) is 11.3. The number of piperidine rings is 1. The highest BCUT2D eigenvalue weighted by molar-refractivity contribution is 6.30. The van der Waals surface area contributed by atoms with Crippen LogP contribution in [0.2, 0.25) is 10.0 Å². The van der Waals surface area contributed by atoms with E-state index in [-0.39, 0.29) is 36.2 Å². The molecule has 5 atom stereocenters. The molecule has 2 aromatic carbocycles. The third-order valence-corrected chi connectivity index (χ3v) is 7.41. The van der Waals surface area contributed by atoms with Crippen molar-refractivity contribution in [2.45, 2.75) is 84.0 Å². The molecule has 2 amide bonds. The van der Waals surface area contributed by atoms with Gasteiger partial charge in [0.15, 0.2) is 0 Å². The summed E-state index contributed by atoms with van der Waals surface area (Å²) < 4.78 is 0. The lowest BCUT2D eigenvalue weighted by atomic mass is 9.66. The first-order valence-electron chi connectivity index (χ1n) is 12.3. The molecule has 35 heavy (non-hydrogen) atoms. The number of benzene rings is 2. The Hall–Kier alpha value is -2.08. The normalized spacial score (nSPS) is 24.4. The van der Waals surface area contributed by atoms with Gasteiger partial charge in [-0.25, -0.2) is 0 Å². The maximum absolute atomic E-state index is 14.3. The molecule has 1 saturated heterocycles. The van der Waals surface area contributed by atoms with E-state index < -0.39 is 17.6 Å². The summed E-state index contributed by atoms with van der Waals surface area (Å²) in [7, 11) is 0. The van der Waals surface area contributed by atoms with Gasteiger partial charge in [0.05, 0.1) is 23.6 Å². The molecule has 2 aromatic rings. The number of nitrogens with one attached hydrogen (secondary N) is 1. The average Bonchev–Trinajstić information content (AvgIpc) is 2.77. The second-order valence-electron chi connectivity index (χ2n) is 10.3. The SMILES string of the molecule is CC[C@@H]([C@H](C)O)N1C(=O)[C@@](C)(CC(=O)NC(C)C)C[C@H](c2cccc(Cl)c2)[C@H]1c1ccc(Cl)cc1. The number of nitrogens with zero attached hydrogens (tertiary/aromatic N) is 1. The van der Waals surface area contributed by atoms with Crippen molar-refractivity contribution in [2.75, 3.05) is 0 Å². The van der Waals surface area contributed by atoms with Crippen LogP contribution in [-0.2, 0) is 9.59 Å². The molecule has 0 spiro atoms. The minimum atomic E-state index is -0.947. The van der Waals surface area contributed by atoms with Crippen molar-refractivity contribution in [2.24, 2.45) is 5.41 Å². The van der Waals surface area contributed by atoms with E-state index in [2.05, 4.69) is 5.32 Å². The van der Waals surface area contributed by atoms with Crippen LogP contribution < -0.4 is 5.32 Å². The lowest BCUT2D eigenvalue weighted by Crippen LogP contribution is -2.58. The lowest BCUT2D eigenvalue weighted by Gasteiger charge is -2.52. The Bertz CT molecular complexity index is 1040. The van der Waals surface area contributed by atoms with Gasteiger partial charge in [-0.3, -0.25) is 9.59 Å². The van der Waals surface area contributed by atoms with Crippen LogP contribution in [0.5, 0.6) is 0 Å². The molecule has 7 heteroatoms. The monoisotopic (exact) mass is 518 g/mol. The maximum atomic E-state index is 14.3. The quantitative estimate of drug-likeness (QED) is 0.441. The number of rotatable bonds is 8. The first-order valence-corrected chi connectivity index (χ1v) is 13.0. The average molecular weight is 520 g/mol. The Morgan fingerprint density at radius 3 is 2.31 bits per heavy atom. The van der Waals surface area contributed by atoms with Crippen molar-refractivity contribution >= 4 is 35.0 Å². The highest BCUT2D eigenvalue weighted by Gasteiger charge is 2.52. The molecule has 0 saturated carbocycles. The number of amides is 2. The maximum Gasteiger partial charge on any atom is 0.229 e. The zero-order valence-electron chi connectivity index (χ0n) is 21.1. The summed E-state index contributed by atoms with van der Waals surface area (Å²) in [6.45, 7) is 9.36. The number of halogens is 2. The van der Waals surface area contributed by atoms with Crippen LogP contribution >= 0.6 is 23.2 Å². The van der Waals surface area contributed by atoms with E-state index in [9.17, 15) is 14.7 Å². The van der Waals surface area contributed by atoms with Crippen LogP contribution in [0.4, 0.5) is 0 Å². The van der Waals surface area contributed by atoms with Crippen LogP contribution in [0.1, 0.15) is 77.0 Å². The fourth-order valence-corrected chi connectivity index (χ4v) is 5.73. The van der Waals surface area contributed by atoms with Crippen molar-refractivity contribution in [1.82, 2.24) is 10.2 Å². The standard InChI is InChI=1S/C28H36Cl2N2O3/c1-6-24(18(4)33)32-26(19-10-12-21(29)13-11-19)23(20-8-7-9-22(30)14-20)15-28(5,27(32)35)16-25(34)31-17(2)3/h7-14,17-18,23-24,26,33H,6,15-16H2,1-5H3,(H,31,34)/t18-,23+,24-,26+,28+/m0/s1. The van der Waals surface area contributed by atoms with Crippen molar-refractivity contribution in [1.29, 1.82) is 0 Å². The van der Waals surface area contributed by atoms with E-state index in [1.165, 1.54) is 0 Å². The zero-order chi connectivity index (χ0) is 25.9. The van der Waals surface area contributed by atoms with Gasteiger partial charge in [0.25, 0.3) is 0 Å². The Morgan fingerprint density at radius 2 is 1.77 bits per heavy atom. The smallest absolute Gasteiger partial charge is 0.229 e. The molecule has 2 N–H and O–H groups in total. The summed E-state index contributed by atoms with van der Waals surface area (Å²) in [4.78, 5) is 28.9. The molecule has 0 unspecified atom stereocenters. The molecular formula is C28H36Cl2N2O3. The van der Waals surface area contributed by atoms with Crippen molar-refractivity contribution in [3.63, 3.8) is 0 Å². The highest BCUT2D eigenvalue weighted by Crippen LogP contribution is 2.52. The predicted molar refractivity (Wildman–Crippen MR) is 142 cm³/mol. The van der Waals surface area contributed by atoms with Crippen LogP contribution in [0, 0.1) is 5.41 Å². The van der Waals surface area contributed by atoms with E-state index in [1.807, 2.05) is 81.1 Å². The number of likely N-dealkylation sites (tertiary alicyclic amines) is 1. The van der Waals surface area contributed by atoms with Gasteiger partial charge in [-0.2, -0.15) is 0 Å². The predicted octanol–water partition coefficient (Wildman–Crippen LogP) is 6.13. The van der Waals surface area contributed by atoms with Crippen LogP contribution in [-0.4, -0.2) is 40.0 Å². The molecule has 0 bridgehead atoms. The molecule has 1 fully saturated rings. The van der Waals surface area contributed by atoms with Crippen LogP contribution in [0.25, 0.3) is 0 Å². The molecular weight excluding hydrogens is 483 g/mol. The van der Waals surface area contributed by atoms with E-state index in [4.69, 9.17) is 23.2 Å². The number of carbonyl (C=O) groups excluding carboxylic acids is 2. The summed E-state index contributed by atoms with van der Waals surface area (Å²) in [6, 6.07) is 14.4. The molecule has 0 aliphatic carbocycles. The summed E-state index contributed by atoms with van der Waals surface area (Å²) in [5, 5.41) is 14.9. The topological polar surface area (TPSA) is 69.6 Å². The van der Waals surface area contributed by atoms with E-state index in [1.54, 1.807) is 6.92 Å². The first kappa shape index (κ1) is 27.5. The fraction of sp³-hybridized carbons (Fsp3) is 0.500. The number of carbonyl (C=O) groups is 2. The fourth-order valence-electron chi connectivity index (χ4n) is 5.41. The van der Waals surface area contributed by atoms with Gasteiger partial charge in [-0.05, 0) is 69.0 Å². The van der Waals surface area contributed by atoms with Crippen molar-refractivity contribution in [3.05, 3.63) is 69.7 Å². The zero-order valence-corrected chi connectivity index (χ0v) is 22.6. The molecule has 1 aliphatic rings. The van der Waals surface area contributed by atoms with Gasteiger partial charge in [0, 0.05) is 28.4 Å². The Balaban J connectivity index is 2.20. The largest absolute Gasteiger partial charge is 0.391 e. The van der Waals surface area contributed by atoms with Crippen LogP contribution in [0.15, 0.2) is 48.5 Å². The van der Waals surface area contributed by atoms with Crippen molar-refractivity contribution in [3.8, 4) is 0 Å². The third kappa shape index (κ3) is 6.19. The summed E-state index contributed by atoms with van der Waals surface area (Å²) in [6.07, 6.45) is 0.369. The molecule has 1 heterocycles. The van der Waals surface area contributed by atoms with E-state index >= 15 is 0 Å². The minimum absolute atomic E-state index is 0.0210. The molecule has 1 aliphatic heterocycles. The van der Waals surface area contributed by atoms with E-state index in [0.717, 1.165) is 11.1 Å². The molecule has 190 valence electrons. The number of hydrogen-bond acceptors (Lipinski definition) is 3. The van der Waals surface area contributed by atoms with Gasteiger partial charge >= 0.3 is 0 Å². The molecule has 3 rings (SSSR count). The Kier molecular flexibility index (Phi) is 8.90. The highest BCUT2D eigenvalue weighted by atomic mass is 35.5. The van der Waals surface area contributed by atoms with E-state index in [0.29, 0.717) is 22.9 Å². The Morgan fingerprint density at radius 1 is 1.11 bits per heavy atom. The van der Waals surface area contributed by atoms with Gasteiger partial charge in [0.2, 0.25) is 11.8 Å². The Labute approximate surface area is 218 Å². The van der Waals surface area contributed by atoms with Crippen molar-refractivity contribution < 1.29 is 14.7 Å². The molecule has 0 aromatic heterocycles. The third-order valence-electron chi connectivity index (χ3n) is 6.92. The lowest BCUT2D eigenvalue weighted by molar-refractivity contribution is -0.160. The number of aliphatic hydroxyl groups is 1. The van der Waals surface area contributed by atoms with Gasteiger partial charge < -0.3 is 15.3 Å². The van der Waals surface area contributed by atoms with Gasteiger partial charge in [-0.15, -0.1) is 0 Å². The summed E-state index contributed by atoms with van der Waals surface area (Å²) in [5.41, 5.74) is 0.975. The minimum Gasteiger partial charge on any atom is -0.391 e. The first-order chi connectivity index (χ1) is 16.5. The molecule has 5 nitrogen and oxygen atoms in total. The van der Waals surface area contributed by atoms with Gasteiger partial charge in [-0.1, -0.05) is 61.3 Å². The van der Waals surface area contributed by atoms with Crippen LogP contribution in [0.3, 0.4) is 0 Å². The summed E-state index contributed by atoms with van der Waals surface area (Å²) >= 11 is 12.6. The number of hydrogen-bond donors (Lipinski definition) is 2. The van der Waals surface area contributed by atoms with Gasteiger partial charge in [0.1, 0.15) is 0 Å². The number of aliphatic hydroxyl groups excluding tert-OH is 1.